The number of aliphatic hydroxyl groups excluding tert-OH is 1. The standard InChI is InChI=1S/C8H10O4/c1-2-7(9)5-3-12-4-6(5)8(10)11/h3-4,7,9H,2H2,1H3,(H,10,11). The Labute approximate surface area is 69.4 Å². The fraction of sp³-hybridized carbons (Fsp3) is 0.375. The van der Waals surface area contributed by atoms with Gasteiger partial charge in [0, 0.05) is 5.56 Å². The molecule has 12 heavy (non-hydrogen) atoms. The van der Waals surface area contributed by atoms with Crippen molar-refractivity contribution in [1.29, 1.82) is 0 Å². The first-order chi connectivity index (χ1) is 5.66. The maximum Gasteiger partial charge on any atom is 0.339 e. The van der Waals surface area contributed by atoms with Gasteiger partial charge in [0.1, 0.15) is 11.8 Å². The van der Waals surface area contributed by atoms with Gasteiger partial charge < -0.3 is 14.6 Å². The molecule has 1 unspecified atom stereocenters. The van der Waals surface area contributed by atoms with Crippen LogP contribution < -0.4 is 0 Å². The molecule has 0 saturated heterocycles. The molecule has 0 spiro atoms. The van der Waals surface area contributed by atoms with E-state index in [2.05, 4.69) is 4.42 Å². The Morgan fingerprint density at radius 2 is 2.33 bits per heavy atom. The summed E-state index contributed by atoms with van der Waals surface area (Å²) in [6, 6.07) is 0. The van der Waals surface area contributed by atoms with E-state index in [1.54, 1.807) is 6.92 Å². The second-order valence-corrected chi connectivity index (χ2v) is 2.47. The molecule has 0 fully saturated rings. The molecule has 66 valence electrons. The zero-order chi connectivity index (χ0) is 9.14. The molecule has 0 radical (unpaired) electrons. The summed E-state index contributed by atoms with van der Waals surface area (Å²) in [5.41, 5.74) is 0.370. The molecule has 1 rings (SSSR count). The Morgan fingerprint density at radius 3 is 2.83 bits per heavy atom. The number of rotatable bonds is 3. The van der Waals surface area contributed by atoms with Gasteiger partial charge in [-0.05, 0) is 6.42 Å². The Balaban J connectivity index is 2.98. The van der Waals surface area contributed by atoms with Crippen LogP contribution >= 0.6 is 0 Å². The Hall–Kier alpha value is -1.29. The third kappa shape index (κ3) is 1.48. The van der Waals surface area contributed by atoms with Crippen molar-refractivity contribution in [2.24, 2.45) is 0 Å². The average Bonchev–Trinajstić information content (AvgIpc) is 2.50. The summed E-state index contributed by atoms with van der Waals surface area (Å²) in [7, 11) is 0. The fourth-order valence-corrected chi connectivity index (χ4v) is 0.959. The van der Waals surface area contributed by atoms with Gasteiger partial charge in [0.25, 0.3) is 0 Å². The summed E-state index contributed by atoms with van der Waals surface area (Å²) in [5, 5.41) is 18.0. The van der Waals surface area contributed by atoms with Crippen molar-refractivity contribution >= 4 is 5.97 Å². The lowest BCUT2D eigenvalue weighted by Crippen LogP contribution is -2.03. The van der Waals surface area contributed by atoms with Crippen LogP contribution in [0.15, 0.2) is 16.9 Å². The number of furan rings is 1. The molecule has 4 heteroatoms. The van der Waals surface area contributed by atoms with E-state index in [9.17, 15) is 9.90 Å². The number of aromatic carboxylic acids is 1. The zero-order valence-electron chi connectivity index (χ0n) is 6.65. The van der Waals surface area contributed by atoms with Gasteiger partial charge in [-0.3, -0.25) is 0 Å². The van der Waals surface area contributed by atoms with Gasteiger partial charge in [-0.2, -0.15) is 0 Å². The smallest absolute Gasteiger partial charge is 0.339 e. The average molecular weight is 170 g/mol. The fourth-order valence-electron chi connectivity index (χ4n) is 0.959. The summed E-state index contributed by atoms with van der Waals surface area (Å²) < 4.78 is 4.69. The lowest BCUT2D eigenvalue weighted by molar-refractivity contribution is 0.0689. The van der Waals surface area contributed by atoms with Gasteiger partial charge in [0.2, 0.25) is 0 Å². The van der Waals surface area contributed by atoms with Gasteiger partial charge in [-0.15, -0.1) is 0 Å². The highest BCUT2D eigenvalue weighted by atomic mass is 16.4. The molecule has 0 aromatic carbocycles. The van der Waals surface area contributed by atoms with E-state index in [0.29, 0.717) is 12.0 Å². The molecule has 4 nitrogen and oxygen atoms in total. The van der Waals surface area contributed by atoms with E-state index >= 15 is 0 Å². The van der Waals surface area contributed by atoms with E-state index in [1.165, 1.54) is 6.26 Å². The van der Waals surface area contributed by atoms with Crippen molar-refractivity contribution in [1.82, 2.24) is 0 Å². The Bertz CT molecular complexity index is 276. The van der Waals surface area contributed by atoms with E-state index in [-0.39, 0.29) is 5.56 Å². The van der Waals surface area contributed by atoms with E-state index in [0.717, 1.165) is 6.26 Å². The minimum Gasteiger partial charge on any atom is -0.478 e. The molecular formula is C8H10O4. The molecule has 1 aromatic rings. The molecule has 2 N–H and O–H groups in total. The van der Waals surface area contributed by atoms with Crippen LogP contribution in [0.5, 0.6) is 0 Å². The van der Waals surface area contributed by atoms with Crippen LogP contribution in [0.2, 0.25) is 0 Å². The molecule has 0 saturated carbocycles. The van der Waals surface area contributed by atoms with Gasteiger partial charge in [-0.1, -0.05) is 6.92 Å². The number of aliphatic hydroxyl groups is 1. The highest BCUT2D eigenvalue weighted by Crippen LogP contribution is 2.21. The van der Waals surface area contributed by atoms with Crippen molar-refractivity contribution in [3.05, 3.63) is 23.7 Å². The Morgan fingerprint density at radius 1 is 1.67 bits per heavy atom. The minimum absolute atomic E-state index is 0.0318. The highest BCUT2D eigenvalue weighted by Gasteiger charge is 2.17. The van der Waals surface area contributed by atoms with Crippen molar-refractivity contribution in [3.8, 4) is 0 Å². The first kappa shape index (κ1) is 8.80. The number of carbonyl (C=O) groups is 1. The zero-order valence-corrected chi connectivity index (χ0v) is 6.65. The number of carboxylic acids is 1. The van der Waals surface area contributed by atoms with Crippen LogP contribution in [0.3, 0.4) is 0 Å². The second-order valence-electron chi connectivity index (χ2n) is 2.47. The van der Waals surface area contributed by atoms with E-state index < -0.39 is 12.1 Å². The van der Waals surface area contributed by atoms with Crippen LogP contribution in [-0.4, -0.2) is 16.2 Å². The summed E-state index contributed by atoms with van der Waals surface area (Å²) in [4.78, 5) is 10.5. The summed E-state index contributed by atoms with van der Waals surface area (Å²) in [5.74, 6) is -1.08. The highest BCUT2D eigenvalue weighted by molar-refractivity contribution is 5.89. The van der Waals surface area contributed by atoms with E-state index in [4.69, 9.17) is 5.11 Å². The van der Waals surface area contributed by atoms with Crippen molar-refractivity contribution in [2.45, 2.75) is 19.4 Å². The minimum atomic E-state index is -1.08. The number of carboxylic acid groups (broad SMARTS) is 1. The largest absolute Gasteiger partial charge is 0.478 e. The molecule has 0 aliphatic carbocycles. The van der Waals surface area contributed by atoms with Gasteiger partial charge in [-0.25, -0.2) is 4.79 Å². The quantitative estimate of drug-likeness (QED) is 0.719. The maximum absolute atomic E-state index is 10.5. The lowest BCUT2D eigenvalue weighted by Gasteiger charge is -2.04. The molecule has 1 heterocycles. The monoisotopic (exact) mass is 170 g/mol. The molecule has 0 bridgehead atoms. The first-order valence-corrected chi connectivity index (χ1v) is 3.64. The van der Waals surface area contributed by atoms with Crippen LogP contribution in [0.4, 0.5) is 0 Å². The van der Waals surface area contributed by atoms with Gasteiger partial charge in [0.05, 0.1) is 12.4 Å². The van der Waals surface area contributed by atoms with Crippen LogP contribution in [0.1, 0.15) is 35.4 Å². The van der Waals surface area contributed by atoms with Gasteiger partial charge in [0.15, 0.2) is 0 Å². The molecule has 0 amide bonds. The topological polar surface area (TPSA) is 70.7 Å². The predicted molar refractivity (Wildman–Crippen MR) is 40.9 cm³/mol. The third-order valence-corrected chi connectivity index (χ3v) is 1.67. The third-order valence-electron chi connectivity index (χ3n) is 1.67. The molecule has 1 atom stereocenters. The lowest BCUT2D eigenvalue weighted by atomic mass is 10.1. The van der Waals surface area contributed by atoms with Crippen LogP contribution in [-0.2, 0) is 0 Å². The number of hydrogen-bond donors (Lipinski definition) is 2. The molecule has 0 aliphatic rings. The molecular weight excluding hydrogens is 160 g/mol. The second kappa shape index (κ2) is 3.40. The Kier molecular flexibility index (Phi) is 2.50. The number of hydrogen-bond acceptors (Lipinski definition) is 3. The first-order valence-electron chi connectivity index (χ1n) is 3.64. The van der Waals surface area contributed by atoms with Crippen LogP contribution in [0, 0.1) is 0 Å². The normalized spacial score (nSPS) is 12.8. The summed E-state index contributed by atoms with van der Waals surface area (Å²) in [6.45, 7) is 1.77. The van der Waals surface area contributed by atoms with E-state index in [1.807, 2.05) is 0 Å². The maximum atomic E-state index is 10.5. The molecule has 1 aromatic heterocycles. The SMILES string of the molecule is CCC(O)c1cocc1C(=O)O. The van der Waals surface area contributed by atoms with Crippen molar-refractivity contribution in [2.75, 3.05) is 0 Å². The molecule has 0 aliphatic heterocycles. The summed E-state index contributed by atoms with van der Waals surface area (Å²) in [6.07, 6.45) is 2.10. The van der Waals surface area contributed by atoms with Crippen LogP contribution in [0.25, 0.3) is 0 Å². The van der Waals surface area contributed by atoms with Gasteiger partial charge >= 0.3 is 5.97 Å². The van der Waals surface area contributed by atoms with Crippen molar-refractivity contribution < 1.29 is 19.4 Å². The summed E-state index contributed by atoms with van der Waals surface area (Å²) >= 11 is 0. The van der Waals surface area contributed by atoms with Crippen molar-refractivity contribution in [3.63, 3.8) is 0 Å². The predicted octanol–water partition coefficient (Wildman–Crippen LogP) is 1.42.